The molecule has 0 unspecified atom stereocenters. The predicted octanol–water partition coefficient (Wildman–Crippen LogP) is 3.40. The van der Waals surface area contributed by atoms with Gasteiger partial charge in [-0.25, -0.2) is 4.79 Å². The quantitative estimate of drug-likeness (QED) is 0.475. The number of esters is 1. The van der Waals surface area contributed by atoms with Crippen molar-refractivity contribution in [1.82, 2.24) is 5.32 Å². The molecule has 2 aromatic carbocycles. The number of para-hydroxylation sites is 1. The van der Waals surface area contributed by atoms with Gasteiger partial charge in [-0.2, -0.15) is 0 Å². The van der Waals surface area contributed by atoms with E-state index in [2.05, 4.69) is 10.6 Å². The Bertz CT molecular complexity index is 931. The molecule has 164 valence electrons. The number of ether oxygens (including phenoxy) is 2. The Morgan fingerprint density at radius 3 is 2.29 bits per heavy atom. The van der Waals surface area contributed by atoms with Gasteiger partial charge in [-0.1, -0.05) is 30.3 Å². The van der Waals surface area contributed by atoms with Gasteiger partial charge in [0.25, 0.3) is 5.91 Å². The van der Waals surface area contributed by atoms with Crippen LogP contribution >= 0.6 is 0 Å². The van der Waals surface area contributed by atoms with E-state index in [9.17, 15) is 14.4 Å². The third-order valence-corrected chi connectivity index (χ3v) is 4.43. The van der Waals surface area contributed by atoms with Crippen LogP contribution in [0, 0.1) is 13.8 Å². The van der Waals surface area contributed by atoms with Crippen LogP contribution in [0.2, 0.25) is 0 Å². The molecule has 0 radical (unpaired) electrons. The summed E-state index contributed by atoms with van der Waals surface area (Å²) in [7, 11) is 0. The van der Waals surface area contributed by atoms with Crippen molar-refractivity contribution in [1.29, 1.82) is 0 Å². The van der Waals surface area contributed by atoms with Crippen LogP contribution in [-0.2, 0) is 19.1 Å². The zero-order valence-electron chi connectivity index (χ0n) is 18.2. The molecule has 0 saturated carbocycles. The van der Waals surface area contributed by atoms with Gasteiger partial charge in [-0.3, -0.25) is 9.59 Å². The maximum Gasteiger partial charge on any atom is 0.331 e. The highest BCUT2D eigenvalue weighted by molar-refractivity contribution is 5.96. The zero-order chi connectivity index (χ0) is 22.8. The molecule has 2 N–H and O–H groups in total. The molecule has 0 fully saturated rings. The van der Waals surface area contributed by atoms with Crippen molar-refractivity contribution in [2.45, 2.75) is 33.8 Å². The normalized spacial score (nSPS) is 11.6. The second-order valence-electron chi connectivity index (χ2n) is 6.95. The second-order valence-corrected chi connectivity index (χ2v) is 6.95. The van der Waals surface area contributed by atoms with Crippen LogP contribution in [0.3, 0.4) is 0 Å². The lowest BCUT2D eigenvalue weighted by Gasteiger charge is -2.14. The van der Waals surface area contributed by atoms with Crippen LogP contribution in [0.1, 0.15) is 30.5 Å². The predicted molar refractivity (Wildman–Crippen MR) is 120 cm³/mol. The van der Waals surface area contributed by atoms with Crippen molar-refractivity contribution >= 4 is 29.5 Å². The molecule has 2 rings (SSSR count). The number of hydrogen-bond donors (Lipinski definition) is 2. The van der Waals surface area contributed by atoms with Crippen LogP contribution < -0.4 is 15.4 Å². The second kappa shape index (κ2) is 11.5. The number of amides is 2. The van der Waals surface area contributed by atoms with Gasteiger partial charge in [0.2, 0.25) is 5.91 Å². The summed E-state index contributed by atoms with van der Waals surface area (Å²) in [5, 5.41) is 5.25. The molecule has 0 spiro atoms. The molecule has 2 amide bonds. The number of rotatable bonds is 9. The number of nitrogens with one attached hydrogen (secondary N) is 2. The average Bonchev–Trinajstić information content (AvgIpc) is 2.74. The Labute approximate surface area is 182 Å². The number of benzene rings is 2. The number of carbonyl (C=O) groups is 3. The van der Waals surface area contributed by atoms with Gasteiger partial charge in [0, 0.05) is 11.8 Å². The Morgan fingerprint density at radius 1 is 1.03 bits per heavy atom. The molecule has 0 saturated heterocycles. The van der Waals surface area contributed by atoms with Crippen LogP contribution in [0.5, 0.6) is 5.75 Å². The zero-order valence-corrected chi connectivity index (χ0v) is 18.2. The summed E-state index contributed by atoms with van der Waals surface area (Å²) < 4.78 is 10.5. The van der Waals surface area contributed by atoms with Crippen LogP contribution in [-0.4, -0.2) is 37.0 Å². The van der Waals surface area contributed by atoms with E-state index >= 15 is 0 Å². The summed E-state index contributed by atoms with van der Waals surface area (Å²) in [5.74, 6) is -0.829. The highest BCUT2D eigenvalue weighted by Gasteiger charge is 2.17. The minimum atomic E-state index is -1.04. The molecule has 0 aliphatic carbocycles. The third kappa shape index (κ3) is 7.62. The van der Waals surface area contributed by atoms with E-state index in [0.29, 0.717) is 6.61 Å². The first-order valence-corrected chi connectivity index (χ1v) is 10.1. The maximum atomic E-state index is 12.1. The molecule has 0 aliphatic rings. The average molecular weight is 424 g/mol. The summed E-state index contributed by atoms with van der Waals surface area (Å²) in [4.78, 5) is 36.2. The van der Waals surface area contributed by atoms with Crippen molar-refractivity contribution in [3.8, 4) is 5.75 Å². The first kappa shape index (κ1) is 23.7. The number of hydrogen-bond acceptors (Lipinski definition) is 5. The summed E-state index contributed by atoms with van der Waals surface area (Å²) in [6.45, 7) is 7.48. The topological polar surface area (TPSA) is 93.7 Å². The summed E-state index contributed by atoms with van der Waals surface area (Å²) in [5.41, 5.74) is 3.38. The number of carbonyl (C=O) groups excluding carboxylic acids is 3. The van der Waals surface area contributed by atoms with Crippen LogP contribution in [0.4, 0.5) is 5.69 Å². The monoisotopic (exact) mass is 424 g/mol. The molecule has 0 aromatic heterocycles. The van der Waals surface area contributed by atoms with E-state index < -0.39 is 18.0 Å². The standard InChI is InChI=1S/C24H28N2O5/c1-5-30-20-12-9-19(10-13-20)11-14-22(28)31-18(4)24(29)25-15-21(27)26-23-16(2)7-6-8-17(23)3/h6-14,18H,5,15H2,1-4H3,(H,25,29)(H,26,27)/b14-11+/t18-/m1/s1. The summed E-state index contributed by atoms with van der Waals surface area (Å²) in [6, 6.07) is 12.9. The van der Waals surface area contributed by atoms with E-state index in [4.69, 9.17) is 9.47 Å². The van der Waals surface area contributed by atoms with Gasteiger partial charge in [-0.15, -0.1) is 0 Å². The molecular formula is C24H28N2O5. The summed E-state index contributed by atoms with van der Waals surface area (Å²) >= 11 is 0. The minimum absolute atomic E-state index is 0.226. The van der Waals surface area contributed by atoms with Crippen molar-refractivity contribution in [3.05, 3.63) is 65.2 Å². The van der Waals surface area contributed by atoms with Gasteiger partial charge >= 0.3 is 5.97 Å². The van der Waals surface area contributed by atoms with Gasteiger partial charge in [0.1, 0.15) is 5.75 Å². The molecule has 0 heterocycles. The maximum absolute atomic E-state index is 12.1. The minimum Gasteiger partial charge on any atom is -0.494 e. The lowest BCUT2D eigenvalue weighted by Crippen LogP contribution is -2.40. The van der Waals surface area contributed by atoms with Crippen molar-refractivity contribution in [2.24, 2.45) is 0 Å². The van der Waals surface area contributed by atoms with E-state index in [1.54, 1.807) is 30.3 Å². The Morgan fingerprint density at radius 2 is 1.68 bits per heavy atom. The fourth-order valence-electron chi connectivity index (χ4n) is 2.78. The Balaban J connectivity index is 1.79. The molecular weight excluding hydrogens is 396 g/mol. The molecule has 0 aliphatic heterocycles. The van der Waals surface area contributed by atoms with Gasteiger partial charge in [0.15, 0.2) is 6.10 Å². The van der Waals surface area contributed by atoms with E-state index in [1.807, 2.05) is 39.0 Å². The molecule has 31 heavy (non-hydrogen) atoms. The van der Waals surface area contributed by atoms with Crippen molar-refractivity contribution in [3.63, 3.8) is 0 Å². The largest absolute Gasteiger partial charge is 0.494 e. The molecule has 7 heteroatoms. The molecule has 7 nitrogen and oxygen atoms in total. The van der Waals surface area contributed by atoms with Crippen molar-refractivity contribution < 1.29 is 23.9 Å². The van der Waals surface area contributed by atoms with E-state index in [0.717, 1.165) is 28.1 Å². The number of anilines is 1. The number of aryl methyl sites for hydroxylation is 2. The van der Waals surface area contributed by atoms with Crippen molar-refractivity contribution in [2.75, 3.05) is 18.5 Å². The first-order chi connectivity index (χ1) is 14.8. The molecule has 2 aromatic rings. The van der Waals surface area contributed by atoms with Crippen LogP contribution in [0.15, 0.2) is 48.5 Å². The lowest BCUT2D eigenvalue weighted by atomic mass is 10.1. The SMILES string of the molecule is CCOc1ccc(/C=C/C(=O)O[C@H](C)C(=O)NCC(=O)Nc2c(C)cccc2C)cc1. The fraction of sp³-hybridized carbons (Fsp3) is 0.292. The van der Waals surface area contributed by atoms with Gasteiger partial charge in [-0.05, 0) is 62.6 Å². The van der Waals surface area contributed by atoms with Gasteiger partial charge in [0.05, 0.1) is 13.2 Å². The third-order valence-electron chi connectivity index (χ3n) is 4.43. The Hall–Kier alpha value is -3.61. The van der Waals surface area contributed by atoms with E-state index in [1.165, 1.54) is 13.0 Å². The highest BCUT2D eigenvalue weighted by atomic mass is 16.5. The molecule has 1 atom stereocenters. The summed E-state index contributed by atoms with van der Waals surface area (Å²) in [6.07, 6.45) is 1.79. The highest BCUT2D eigenvalue weighted by Crippen LogP contribution is 2.19. The molecule has 0 bridgehead atoms. The van der Waals surface area contributed by atoms with Gasteiger partial charge < -0.3 is 20.1 Å². The fourth-order valence-corrected chi connectivity index (χ4v) is 2.78. The lowest BCUT2D eigenvalue weighted by molar-refractivity contribution is -0.150. The Kier molecular flexibility index (Phi) is 8.81. The van der Waals surface area contributed by atoms with Crippen LogP contribution in [0.25, 0.3) is 6.08 Å². The smallest absolute Gasteiger partial charge is 0.331 e. The van der Waals surface area contributed by atoms with E-state index in [-0.39, 0.29) is 12.5 Å². The first-order valence-electron chi connectivity index (χ1n) is 10.1.